The summed E-state index contributed by atoms with van der Waals surface area (Å²) < 4.78 is 14.4. The van der Waals surface area contributed by atoms with Crippen molar-refractivity contribution < 1.29 is 14.3 Å². The Bertz CT molecular complexity index is 464. The Morgan fingerprint density at radius 1 is 1.59 bits per heavy atom. The number of rotatable bonds is 2. The molecule has 1 aliphatic heterocycles. The summed E-state index contributed by atoms with van der Waals surface area (Å²) in [4.78, 5) is 10.9. The van der Waals surface area contributed by atoms with E-state index >= 15 is 0 Å². The molecule has 1 aromatic carbocycles. The van der Waals surface area contributed by atoms with Gasteiger partial charge < -0.3 is 10.4 Å². The summed E-state index contributed by atoms with van der Waals surface area (Å²) in [5, 5.41) is 12.0. The number of nitrogens with one attached hydrogen (secondary N) is 1. The van der Waals surface area contributed by atoms with Crippen LogP contribution in [0.4, 0.5) is 4.39 Å². The van der Waals surface area contributed by atoms with Gasteiger partial charge in [-0.15, -0.1) is 0 Å². The van der Waals surface area contributed by atoms with Crippen LogP contribution in [0.3, 0.4) is 0 Å². The van der Waals surface area contributed by atoms with Crippen molar-refractivity contribution in [1.29, 1.82) is 0 Å². The highest BCUT2D eigenvalue weighted by molar-refractivity contribution is 9.10. The second-order valence-corrected chi connectivity index (χ2v) is 5.24. The zero-order valence-corrected chi connectivity index (χ0v) is 10.9. The van der Waals surface area contributed by atoms with Crippen LogP contribution in [-0.4, -0.2) is 17.6 Å². The average Bonchev–Trinajstić information content (AvgIpc) is 2.72. The van der Waals surface area contributed by atoms with Gasteiger partial charge in [-0.25, -0.2) is 4.39 Å². The molecule has 2 N–H and O–H groups in total. The molecule has 92 valence electrons. The van der Waals surface area contributed by atoms with Crippen molar-refractivity contribution in [2.45, 2.75) is 19.4 Å². The number of carboxylic acid groups (broad SMARTS) is 1. The molecule has 0 amide bonds. The lowest BCUT2D eigenvalue weighted by Gasteiger charge is -2.13. The molecule has 1 saturated heterocycles. The molecule has 2 unspecified atom stereocenters. The molecule has 0 bridgehead atoms. The van der Waals surface area contributed by atoms with E-state index in [0.29, 0.717) is 23.0 Å². The smallest absolute Gasteiger partial charge is 0.307 e. The van der Waals surface area contributed by atoms with Crippen LogP contribution < -0.4 is 5.32 Å². The summed E-state index contributed by atoms with van der Waals surface area (Å²) in [5.41, 5.74) is 1.49. The van der Waals surface area contributed by atoms with Gasteiger partial charge in [-0.2, -0.15) is 0 Å². The van der Waals surface area contributed by atoms with E-state index < -0.39 is 11.9 Å². The Morgan fingerprint density at radius 2 is 2.29 bits per heavy atom. The Labute approximate surface area is 107 Å². The molecular formula is C12H13BrFNO2. The van der Waals surface area contributed by atoms with Crippen molar-refractivity contribution >= 4 is 21.9 Å². The van der Waals surface area contributed by atoms with Crippen molar-refractivity contribution in [1.82, 2.24) is 5.32 Å². The quantitative estimate of drug-likeness (QED) is 0.883. The minimum Gasteiger partial charge on any atom is -0.481 e. The van der Waals surface area contributed by atoms with Crippen molar-refractivity contribution in [3.05, 3.63) is 33.5 Å². The number of halogens is 2. The fourth-order valence-corrected chi connectivity index (χ4v) is 2.76. The predicted octanol–water partition coefficient (Wildman–Crippen LogP) is 2.63. The molecule has 1 fully saturated rings. The summed E-state index contributed by atoms with van der Waals surface area (Å²) in [5.74, 6) is -1.56. The molecule has 1 aromatic rings. The topological polar surface area (TPSA) is 49.3 Å². The Hall–Kier alpha value is -0.940. The van der Waals surface area contributed by atoms with Gasteiger partial charge in [0.25, 0.3) is 0 Å². The van der Waals surface area contributed by atoms with Crippen LogP contribution in [-0.2, 0) is 4.79 Å². The molecule has 0 radical (unpaired) electrons. The first-order valence-electron chi connectivity index (χ1n) is 5.40. The van der Waals surface area contributed by atoms with E-state index in [1.807, 2.05) is 6.92 Å². The summed E-state index contributed by atoms with van der Waals surface area (Å²) in [6.45, 7) is 2.28. The van der Waals surface area contributed by atoms with Gasteiger partial charge in [0.15, 0.2) is 0 Å². The van der Waals surface area contributed by atoms with Crippen LogP contribution in [0.1, 0.15) is 23.6 Å². The summed E-state index contributed by atoms with van der Waals surface area (Å²) >= 11 is 3.17. The summed E-state index contributed by atoms with van der Waals surface area (Å²) in [6, 6.07) is 3.26. The van der Waals surface area contributed by atoms with Gasteiger partial charge >= 0.3 is 5.97 Å². The predicted molar refractivity (Wildman–Crippen MR) is 65.3 cm³/mol. The minimum atomic E-state index is -0.827. The normalized spacial score (nSPS) is 23.9. The molecule has 2 rings (SSSR count). The van der Waals surface area contributed by atoms with Crippen molar-refractivity contribution in [2.75, 3.05) is 6.54 Å². The van der Waals surface area contributed by atoms with E-state index in [-0.39, 0.29) is 11.9 Å². The van der Waals surface area contributed by atoms with E-state index in [0.717, 1.165) is 5.56 Å². The Morgan fingerprint density at radius 3 is 2.88 bits per heavy atom. The molecule has 0 saturated carbocycles. The number of carbonyl (C=O) groups is 1. The van der Waals surface area contributed by atoms with Gasteiger partial charge in [0.1, 0.15) is 5.82 Å². The fraction of sp³-hybridized carbons (Fsp3) is 0.417. The third-order valence-corrected chi connectivity index (χ3v) is 3.63. The Kier molecular flexibility index (Phi) is 3.49. The maximum absolute atomic E-state index is 13.9. The third-order valence-electron chi connectivity index (χ3n) is 3.06. The van der Waals surface area contributed by atoms with Crippen molar-refractivity contribution in [3.8, 4) is 0 Å². The van der Waals surface area contributed by atoms with Gasteiger partial charge in [-0.3, -0.25) is 4.79 Å². The van der Waals surface area contributed by atoms with Crippen LogP contribution in [0.5, 0.6) is 0 Å². The first kappa shape index (κ1) is 12.5. The highest BCUT2D eigenvalue weighted by atomic mass is 79.9. The van der Waals surface area contributed by atoms with E-state index in [2.05, 4.69) is 21.2 Å². The standard InChI is InChI=1S/C12H13BrFNO2/c1-6-2-8(11(14)9(13)3-6)10-4-7(5-15-10)12(16)17/h2-3,7,10,15H,4-5H2,1H3,(H,16,17). The molecule has 2 atom stereocenters. The van der Waals surface area contributed by atoms with Crippen LogP contribution in [0, 0.1) is 18.7 Å². The van der Waals surface area contributed by atoms with E-state index in [1.165, 1.54) is 0 Å². The first-order valence-corrected chi connectivity index (χ1v) is 6.20. The summed E-state index contributed by atoms with van der Waals surface area (Å²) in [6.07, 6.45) is 0.433. The molecule has 0 aliphatic carbocycles. The number of carboxylic acids is 1. The van der Waals surface area contributed by atoms with Gasteiger partial charge in [0.05, 0.1) is 10.4 Å². The Balaban J connectivity index is 2.27. The van der Waals surface area contributed by atoms with E-state index in [4.69, 9.17) is 5.11 Å². The molecule has 3 nitrogen and oxygen atoms in total. The van der Waals surface area contributed by atoms with Gasteiger partial charge in [-0.1, -0.05) is 6.07 Å². The fourth-order valence-electron chi connectivity index (χ4n) is 2.17. The number of aliphatic carboxylic acids is 1. The van der Waals surface area contributed by atoms with Gasteiger partial charge in [0, 0.05) is 18.2 Å². The highest BCUT2D eigenvalue weighted by Crippen LogP contribution is 2.32. The first-order chi connectivity index (χ1) is 7.99. The second kappa shape index (κ2) is 4.74. The van der Waals surface area contributed by atoms with E-state index in [1.54, 1.807) is 12.1 Å². The molecule has 1 aliphatic rings. The molecule has 0 spiro atoms. The van der Waals surface area contributed by atoms with Crippen LogP contribution in [0.2, 0.25) is 0 Å². The van der Waals surface area contributed by atoms with Gasteiger partial charge in [0.2, 0.25) is 0 Å². The SMILES string of the molecule is Cc1cc(Br)c(F)c(C2CC(C(=O)O)CN2)c1. The van der Waals surface area contributed by atoms with Crippen molar-refractivity contribution in [2.24, 2.45) is 5.92 Å². The zero-order valence-electron chi connectivity index (χ0n) is 9.34. The molecule has 1 heterocycles. The third kappa shape index (κ3) is 2.50. The molecule has 5 heteroatoms. The lowest BCUT2D eigenvalue weighted by molar-refractivity contribution is -0.141. The molecular weight excluding hydrogens is 289 g/mol. The monoisotopic (exact) mass is 301 g/mol. The van der Waals surface area contributed by atoms with Crippen LogP contribution in [0.25, 0.3) is 0 Å². The number of benzene rings is 1. The summed E-state index contributed by atoms with van der Waals surface area (Å²) in [7, 11) is 0. The van der Waals surface area contributed by atoms with E-state index in [9.17, 15) is 9.18 Å². The lowest BCUT2D eigenvalue weighted by Crippen LogP contribution is -2.17. The van der Waals surface area contributed by atoms with Crippen molar-refractivity contribution in [3.63, 3.8) is 0 Å². The van der Waals surface area contributed by atoms with Crippen LogP contribution in [0.15, 0.2) is 16.6 Å². The molecule has 0 aromatic heterocycles. The van der Waals surface area contributed by atoms with Gasteiger partial charge in [-0.05, 0) is 40.9 Å². The zero-order chi connectivity index (χ0) is 12.6. The highest BCUT2D eigenvalue weighted by Gasteiger charge is 2.31. The average molecular weight is 302 g/mol. The maximum atomic E-state index is 13.9. The number of hydrogen-bond donors (Lipinski definition) is 2. The van der Waals surface area contributed by atoms with Crippen LogP contribution >= 0.6 is 15.9 Å². The molecule has 17 heavy (non-hydrogen) atoms. The number of hydrogen-bond acceptors (Lipinski definition) is 2. The maximum Gasteiger partial charge on any atom is 0.307 e. The number of aryl methyl sites for hydroxylation is 1. The minimum absolute atomic E-state index is 0.215. The second-order valence-electron chi connectivity index (χ2n) is 4.38. The largest absolute Gasteiger partial charge is 0.481 e. The lowest BCUT2D eigenvalue weighted by atomic mass is 9.98.